The molecule has 204 valence electrons. The molecule has 0 unspecified atom stereocenters. The van der Waals surface area contributed by atoms with Crippen LogP contribution in [0.25, 0.3) is 87.7 Å². The van der Waals surface area contributed by atoms with Gasteiger partial charge in [0.2, 0.25) is 0 Å². The Hall–Kier alpha value is -5.93. The van der Waals surface area contributed by atoms with E-state index in [1.807, 2.05) is 37.1 Å². The van der Waals surface area contributed by atoms with Gasteiger partial charge in [-0.15, -0.1) is 0 Å². The Balaban J connectivity index is 1.32. The molecule has 6 aromatic carbocycles. The maximum atomic E-state index is 4.63. The SMILES string of the molecule is c1cc(-c2ccc3ccc4ccc(-c5cc(-c6ccncc6)cc(-c6ccncc6)c5)c5ccc2c3c45)c2cccnc2c1. The molecule has 9 aromatic rings. The second-order valence-electron chi connectivity index (χ2n) is 11.3. The van der Waals surface area contributed by atoms with Gasteiger partial charge in [-0.05, 0) is 131 Å². The first-order chi connectivity index (χ1) is 21.8. The Morgan fingerprint density at radius 2 is 0.886 bits per heavy atom. The maximum Gasteiger partial charge on any atom is 0.0708 e. The van der Waals surface area contributed by atoms with Gasteiger partial charge in [0.1, 0.15) is 0 Å². The molecular formula is C41H25N3. The number of hydrogen-bond acceptors (Lipinski definition) is 3. The van der Waals surface area contributed by atoms with Crippen LogP contribution in [0.5, 0.6) is 0 Å². The van der Waals surface area contributed by atoms with E-state index in [0.717, 1.165) is 27.8 Å². The minimum absolute atomic E-state index is 1.01. The number of nitrogens with zero attached hydrogens (tertiary/aromatic N) is 3. The van der Waals surface area contributed by atoms with Crippen LogP contribution in [0.2, 0.25) is 0 Å². The summed E-state index contributed by atoms with van der Waals surface area (Å²) in [4.78, 5) is 13.1. The summed E-state index contributed by atoms with van der Waals surface area (Å²) in [5.74, 6) is 0. The highest BCUT2D eigenvalue weighted by atomic mass is 14.6. The Bertz CT molecular complexity index is 2420. The van der Waals surface area contributed by atoms with Crippen molar-refractivity contribution < 1.29 is 0 Å². The minimum Gasteiger partial charge on any atom is -0.265 e. The third-order valence-electron chi connectivity index (χ3n) is 8.87. The predicted molar refractivity (Wildman–Crippen MR) is 183 cm³/mol. The average Bonchev–Trinajstić information content (AvgIpc) is 3.11. The number of hydrogen-bond donors (Lipinski definition) is 0. The summed E-state index contributed by atoms with van der Waals surface area (Å²) in [6.45, 7) is 0. The lowest BCUT2D eigenvalue weighted by atomic mass is 9.85. The van der Waals surface area contributed by atoms with Gasteiger partial charge in [-0.2, -0.15) is 0 Å². The number of benzene rings is 6. The van der Waals surface area contributed by atoms with Gasteiger partial charge in [0, 0.05) is 36.4 Å². The van der Waals surface area contributed by atoms with E-state index in [-0.39, 0.29) is 0 Å². The zero-order valence-electron chi connectivity index (χ0n) is 23.8. The molecule has 0 aliphatic carbocycles. The molecule has 3 heteroatoms. The highest BCUT2D eigenvalue weighted by Gasteiger charge is 2.17. The summed E-state index contributed by atoms with van der Waals surface area (Å²) in [5.41, 5.74) is 10.5. The second kappa shape index (κ2) is 9.82. The predicted octanol–water partition coefficient (Wildman–Crippen LogP) is 10.6. The smallest absolute Gasteiger partial charge is 0.0708 e. The van der Waals surface area contributed by atoms with Gasteiger partial charge in [-0.25, -0.2) is 0 Å². The van der Waals surface area contributed by atoms with Crippen molar-refractivity contribution in [2.24, 2.45) is 0 Å². The molecule has 0 saturated heterocycles. The van der Waals surface area contributed by atoms with Crippen molar-refractivity contribution in [3.63, 3.8) is 0 Å². The molecule has 0 spiro atoms. The van der Waals surface area contributed by atoms with Crippen molar-refractivity contribution >= 4 is 43.2 Å². The summed E-state index contributed by atoms with van der Waals surface area (Å²) in [6.07, 6.45) is 9.28. The minimum atomic E-state index is 1.01. The summed E-state index contributed by atoms with van der Waals surface area (Å²) < 4.78 is 0. The van der Waals surface area contributed by atoms with Crippen molar-refractivity contribution in [2.45, 2.75) is 0 Å². The molecule has 3 nitrogen and oxygen atoms in total. The first-order valence-corrected chi connectivity index (χ1v) is 14.8. The van der Waals surface area contributed by atoms with E-state index in [9.17, 15) is 0 Å². The third kappa shape index (κ3) is 3.87. The zero-order chi connectivity index (χ0) is 29.0. The highest BCUT2D eigenvalue weighted by Crippen LogP contribution is 2.44. The molecule has 0 aliphatic rings. The monoisotopic (exact) mass is 559 g/mol. The maximum absolute atomic E-state index is 4.63. The van der Waals surface area contributed by atoms with Crippen LogP contribution in [-0.4, -0.2) is 15.0 Å². The van der Waals surface area contributed by atoms with E-state index in [4.69, 9.17) is 0 Å². The van der Waals surface area contributed by atoms with Crippen LogP contribution in [0.1, 0.15) is 0 Å². The summed E-state index contributed by atoms with van der Waals surface area (Å²) in [6, 6.07) is 44.0. The van der Waals surface area contributed by atoms with Crippen molar-refractivity contribution in [3.8, 4) is 44.5 Å². The first kappa shape index (κ1) is 24.6. The summed E-state index contributed by atoms with van der Waals surface area (Å²) in [5, 5.41) is 8.79. The van der Waals surface area contributed by atoms with E-state index in [0.29, 0.717) is 0 Å². The fraction of sp³-hybridized carbons (Fsp3) is 0. The topological polar surface area (TPSA) is 38.7 Å². The van der Waals surface area contributed by atoms with Crippen LogP contribution >= 0.6 is 0 Å². The molecule has 9 rings (SSSR count). The van der Waals surface area contributed by atoms with E-state index in [2.05, 4.69) is 130 Å². The fourth-order valence-electron chi connectivity index (χ4n) is 6.83. The van der Waals surface area contributed by atoms with E-state index >= 15 is 0 Å². The van der Waals surface area contributed by atoms with E-state index < -0.39 is 0 Å². The molecular weight excluding hydrogens is 534 g/mol. The lowest BCUT2D eigenvalue weighted by Crippen LogP contribution is -1.91. The molecule has 0 N–H and O–H groups in total. The first-order valence-electron chi connectivity index (χ1n) is 14.8. The number of aromatic nitrogens is 3. The third-order valence-corrected chi connectivity index (χ3v) is 8.87. The van der Waals surface area contributed by atoms with Crippen LogP contribution in [0.4, 0.5) is 0 Å². The van der Waals surface area contributed by atoms with Gasteiger partial charge in [-0.3, -0.25) is 15.0 Å². The van der Waals surface area contributed by atoms with Crippen LogP contribution in [0, 0.1) is 0 Å². The second-order valence-corrected chi connectivity index (χ2v) is 11.3. The van der Waals surface area contributed by atoms with Gasteiger partial charge in [0.15, 0.2) is 0 Å². The molecule has 0 aliphatic heterocycles. The highest BCUT2D eigenvalue weighted by molar-refractivity contribution is 6.28. The number of fused-ring (bicyclic) bond motifs is 1. The van der Waals surface area contributed by atoms with Gasteiger partial charge in [0.25, 0.3) is 0 Å². The quantitative estimate of drug-likeness (QED) is 0.201. The molecule has 0 fully saturated rings. The van der Waals surface area contributed by atoms with Crippen molar-refractivity contribution in [1.29, 1.82) is 0 Å². The number of pyridine rings is 3. The normalized spacial score (nSPS) is 11.6. The molecule has 0 bridgehead atoms. The Labute approximate surface area is 254 Å². The van der Waals surface area contributed by atoms with Crippen molar-refractivity contribution in [3.05, 3.63) is 152 Å². The van der Waals surface area contributed by atoms with Gasteiger partial charge < -0.3 is 0 Å². The van der Waals surface area contributed by atoms with Crippen LogP contribution in [-0.2, 0) is 0 Å². The fourth-order valence-corrected chi connectivity index (χ4v) is 6.83. The molecule has 0 saturated carbocycles. The van der Waals surface area contributed by atoms with E-state index in [1.54, 1.807) is 0 Å². The van der Waals surface area contributed by atoms with Gasteiger partial charge in [0.05, 0.1) is 5.52 Å². The molecule has 3 aromatic heterocycles. The standard InChI is InChI=1S/C41H25N3/c1-3-34(36-4-2-18-44-39(36)5-1)35-11-9-29-7-6-28-8-10-33(37-12-13-38(35)41(29)40(28)37)32-24-30(26-14-19-42-20-15-26)23-31(25-32)27-16-21-43-22-17-27/h1-25H. The van der Waals surface area contributed by atoms with Gasteiger partial charge in [-0.1, -0.05) is 66.7 Å². The number of rotatable bonds is 4. The van der Waals surface area contributed by atoms with Crippen LogP contribution in [0.15, 0.2) is 152 Å². The lowest BCUT2D eigenvalue weighted by Gasteiger charge is -2.18. The molecule has 0 atom stereocenters. The lowest BCUT2D eigenvalue weighted by molar-refractivity contribution is 1.33. The molecule has 0 amide bonds. The Kier molecular flexibility index (Phi) is 5.50. The molecule has 3 heterocycles. The van der Waals surface area contributed by atoms with Crippen LogP contribution < -0.4 is 0 Å². The van der Waals surface area contributed by atoms with Gasteiger partial charge >= 0.3 is 0 Å². The molecule has 44 heavy (non-hydrogen) atoms. The van der Waals surface area contributed by atoms with Crippen molar-refractivity contribution in [2.75, 3.05) is 0 Å². The average molecular weight is 560 g/mol. The Morgan fingerprint density at radius 3 is 1.55 bits per heavy atom. The zero-order valence-corrected chi connectivity index (χ0v) is 23.8. The summed E-state index contributed by atoms with van der Waals surface area (Å²) >= 11 is 0. The van der Waals surface area contributed by atoms with Crippen LogP contribution in [0.3, 0.4) is 0 Å². The Morgan fingerprint density at radius 1 is 0.341 bits per heavy atom. The summed E-state index contributed by atoms with van der Waals surface area (Å²) in [7, 11) is 0. The largest absolute Gasteiger partial charge is 0.265 e. The van der Waals surface area contributed by atoms with E-state index in [1.165, 1.54) is 60.0 Å². The molecule has 0 radical (unpaired) electrons. The van der Waals surface area contributed by atoms with Crippen molar-refractivity contribution in [1.82, 2.24) is 15.0 Å².